The van der Waals surface area contributed by atoms with E-state index in [1.807, 2.05) is 0 Å². The SMILES string of the molecule is CCC1CNC2(CCCCC2)CN1CCOCC(F)F. The van der Waals surface area contributed by atoms with E-state index in [4.69, 9.17) is 4.74 Å². The molecular weight excluding hydrogens is 262 g/mol. The minimum atomic E-state index is -2.36. The number of hydrogen-bond donors (Lipinski definition) is 1. The predicted molar refractivity (Wildman–Crippen MR) is 76.3 cm³/mol. The van der Waals surface area contributed by atoms with E-state index in [0.29, 0.717) is 12.6 Å². The van der Waals surface area contributed by atoms with Crippen molar-refractivity contribution >= 4 is 0 Å². The van der Waals surface area contributed by atoms with Crippen molar-refractivity contribution in [3.05, 3.63) is 0 Å². The molecule has 0 amide bonds. The number of rotatable bonds is 6. The number of nitrogens with zero attached hydrogens (tertiary/aromatic N) is 1. The molecule has 0 aromatic rings. The molecule has 1 spiro atoms. The van der Waals surface area contributed by atoms with Crippen molar-refractivity contribution in [1.29, 1.82) is 0 Å². The van der Waals surface area contributed by atoms with Gasteiger partial charge in [0.2, 0.25) is 0 Å². The van der Waals surface area contributed by atoms with Gasteiger partial charge < -0.3 is 10.1 Å². The maximum atomic E-state index is 12.1. The Bertz CT molecular complexity index is 283. The second-order valence-corrected chi connectivity index (χ2v) is 6.22. The van der Waals surface area contributed by atoms with Crippen molar-refractivity contribution < 1.29 is 13.5 Å². The zero-order chi connectivity index (χ0) is 14.4. The number of piperazine rings is 1. The fraction of sp³-hybridized carbons (Fsp3) is 1.00. The van der Waals surface area contributed by atoms with Gasteiger partial charge in [0.1, 0.15) is 6.61 Å². The Morgan fingerprint density at radius 1 is 1.30 bits per heavy atom. The highest BCUT2D eigenvalue weighted by Crippen LogP contribution is 2.32. The molecule has 0 radical (unpaired) electrons. The Morgan fingerprint density at radius 3 is 2.70 bits per heavy atom. The number of ether oxygens (including phenoxy) is 1. The molecule has 2 fully saturated rings. The molecule has 2 aliphatic rings. The summed E-state index contributed by atoms with van der Waals surface area (Å²) < 4.78 is 29.2. The van der Waals surface area contributed by atoms with Gasteiger partial charge in [-0.25, -0.2) is 8.78 Å². The topological polar surface area (TPSA) is 24.5 Å². The van der Waals surface area contributed by atoms with Gasteiger partial charge in [-0.3, -0.25) is 4.90 Å². The van der Waals surface area contributed by atoms with Crippen LogP contribution in [0.1, 0.15) is 45.4 Å². The molecule has 1 aliphatic carbocycles. The second-order valence-electron chi connectivity index (χ2n) is 6.22. The van der Waals surface area contributed by atoms with Gasteiger partial charge >= 0.3 is 0 Å². The van der Waals surface area contributed by atoms with Crippen molar-refractivity contribution in [2.75, 3.05) is 32.8 Å². The Labute approximate surface area is 121 Å². The van der Waals surface area contributed by atoms with Crippen molar-refractivity contribution in [2.45, 2.75) is 63.5 Å². The summed E-state index contributed by atoms with van der Waals surface area (Å²) in [5, 5.41) is 3.77. The number of alkyl halides is 2. The Balaban J connectivity index is 1.82. The van der Waals surface area contributed by atoms with Crippen LogP contribution in [0.4, 0.5) is 8.78 Å². The summed E-state index contributed by atoms with van der Waals surface area (Å²) in [7, 11) is 0. The maximum Gasteiger partial charge on any atom is 0.261 e. The van der Waals surface area contributed by atoms with E-state index in [1.165, 1.54) is 32.1 Å². The molecule has 118 valence electrons. The standard InChI is InChI=1S/C15H28F2N2O/c1-2-13-10-18-15(6-4-3-5-7-15)12-19(13)8-9-20-11-14(16)17/h13-14,18H,2-12H2,1H3. The summed E-state index contributed by atoms with van der Waals surface area (Å²) in [4.78, 5) is 2.45. The van der Waals surface area contributed by atoms with E-state index < -0.39 is 13.0 Å². The third-order valence-corrected chi connectivity index (χ3v) is 4.78. The van der Waals surface area contributed by atoms with Crippen LogP contribution in [0.3, 0.4) is 0 Å². The fourth-order valence-electron chi connectivity index (χ4n) is 3.62. The zero-order valence-electron chi connectivity index (χ0n) is 12.5. The fourth-order valence-corrected chi connectivity index (χ4v) is 3.62. The van der Waals surface area contributed by atoms with Gasteiger partial charge in [-0.05, 0) is 19.3 Å². The summed E-state index contributed by atoms with van der Waals surface area (Å²) in [6.07, 6.45) is 5.19. The molecule has 1 N–H and O–H groups in total. The Morgan fingerprint density at radius 2 is 2.05 bits per heavy atom. The quantitative estimate of drug-likeness (QED) is 0.761. The second kappa shape index (κ2) is 7.66. The van der Waals surface area contributed by atoms with Crippen LogP contribution < -0.4 is 5.32 Å². The van der Waals surface area contributed by atoms with Crippen LogP contribution >= 0.6 is 0 Å². The monoisotopic (exact) mass is 290 g/mol. The molecule has 1 aliphatic heterocycles. The molecule has 1 atom stereocenters. The van der Waals surface area contributed by atoms with Crippen molar-refractivity contribution in [1.82, 2.24) is 10.2 Å². The third kappa shape index (κ3) is 4.37. The first-order chi connectivity index (χ1) is 9.65. The molecule has 20 heavy (non-hydrogen) atoms. The van der Waals surface area contributed by atoms with Gasteiger partial charge in [0.25, 0.3) is 6.43 Å². The van der Waals surface area contributed by atoms with Crippen LogP contribution in [0.25, 0.3) is 0 Å². The van der Waals surface area contributed by atoms with Crippen LogP contribution in [-0.4, -0.2) is 55.8 Å². The van der Waals surface area contributed by atoms with Crippen LogP contribution in [0.2, 0.25) is 0 Å². The summed E-state index contributed by atoms with van der Waals surface area (Å²) in [6, 6.07) is 0.512. The lowest BCUT2D eigenvalue weighted by atomic mass is 9.79. The van der Waals surface area contributed by atoms with Crippen LogP contribution in [0.15, 0.2) is 0 Å². The minimum absolute atomic E-state index is 0.270. The molecular formula is C15H28F2N2O. The average molecular weight is 290 g/mol. The van der Waals surface area contributed by atoms with Gasteiger partial charge in [-0.15, -0.1) is 0 Å². The van der Waals surface area contributed by atoms with E-state index in [1.54, 1.807) is 0 Å². The summed E-state index contributed by atoms with van der Waals surface area (Å²) >= 11 is 0. The first-order valence-electron chi connectivity index (χ1n) is 8.00. The number of nitrogens with one attached hydrogen (secondary N) is 1. The maximum absolute atomic E-state index is 12.1. The van der Waals surface area contributed by atoms with Crippen molar-refractivity contribution in [3.8, 4) is 0 Å². The van der Waals surface area contributed by atoms with Crippen LogP contribution in [-0.2, 0) is 4.74 Å². The van der Waals surface area contributed by atoms with Gasteiger partial charge in [0.15, 0.2) is 0 Å². The van der Waals surface area contributed by atoms with Crippen LogP contribution in [0.5, 0.6) is 0 Å². The first kappa shape index (κ1) is 16.1. The normalized spacial score (nSPS) is 27.3. The van der Waals surface area contributed by atoms with Gasteiger partial charge in [0.05, 0.1) is 6.61 Å². The lowest BCUT2D eigenvalue weighted by Gasteiger charge is -2.49. The Hall–Kier alpha value is -0.260. The van der Waals surface area contributed by atoms with E-state index >= 15 is 0 Å². The molecule has 1 saturated carbocycles. The zero-order valence-corrected chi connectivity index (χ0v) is 12.5. The van der Waals surface area contributed by atoms with E-state index in [2.05, 4.69) is 17.1 Å². The van der Waals surface area contributed by atoms with Gasteiger partial charge in [-0.1, -0.05) is 26.2 Å². The summed E-state index contributed by atoms with van der Waals surface area (Å²) in [6.45, 7) is 5.01. The molecule has 1 unspecified atom stereocenters. The molecule has 1 saturated heterocycles. The molecule has 0 aromatic heterocycles. The molecule has 2 rings (SSSR count). The van der Waals surface area contributed by atoms with E-state index in [9.17, 15) is 8.78 Å². The third-order valence-electron chi connectivity index (χ3n) is 4.78. The lowest BCUT2D eigenvalue weighted by Crippen LogP contribution is -2.65. The number of halogens is 2. The van der Waals surface area contributed by atoms with Crippen LogP contribution in [0, 0.1) is 0 Å². The highest BCUT2D eigenvalue weighted by molar-refractivity contribution is 4.99. The molecule has 0 bridgehead atoms. The smallest absolute Gasteiger partial charge is 0.261 e. The summed E-state index contributed by atoms with van der Waals surface area (Å²) in [5.41, 5.74) is 0.270. The minimum Gasteiger partial charge on any atom is -0.374 e. The molecule has 3 nitrogen and oxygen atoms in total. The lowest BCUT2D eigenvalue weighted by molar-refractivity contribution is -0.00912. The molecule has 0 aromatic carbocycles. The van der Waals surface area contributed by atoms with Crippen molar-refractivity contribution in [3.63, 3.8) is 0 Å². The molecule has 5 heteroatoms. The predicted octanol–water partition coefficient (Wildman–Crippen LogP) is 2.65. The summed E-state index contributed by atoms with van der Waals surface area (Å²) in [5.74, 6) is 0. The van der Waals surface area contributed by atoms with E-state index in [0.717, 1.165) is 26.1 Å². The molecule has 1 heterocycles. The highest BCUT2D eigenvalue weighted by Gasteiger charge is 2.38. The van der Waals surface area contributed by atoms with Gasteiger partial charge in [0, 0.05) is 31.2 Å². The number of hydrogen-bond acceptors (Lipinski definition) is 3. The average Bonchev–Trinajstić information content (AvgIpc) is 2.44. The van der Waals surface area contributed by atoms with E-state index in [-0.39, 0.29) is 5.54 Å². The largest absolute Gasteiger partial charge is 0.374 e. The Kier molecular flexibility index (Phi) is 6.18. The highest BCUT2D eigenvalue weighted by atomic mass is 19.3. The van der Waals surface area contributed by atoms with Crippen molar-refractivity contribution in [2.24, 2.45) is 0 Å². The van der Waals surface area contributed by atoms with Gasteiger partial charge in [-0.2, -0.15) is 0 Å². The first-order valence-corrected chi connectivity index (χ1v) is 8.00.